The minimum absolute atomic E-state index is 0.178. The lowest BCUT2D eigenvalue weighted by molar-refractivity contribution is -0.127. The molecular weight excluding hydrogens is 380 g/mol. The SMILES string of the molecule is CCOc1cc(C=CC(=O)N2CCN(S(C)(=O)=O)CC2)cc(Cl)c1OC. The van der Waals surface area contributed by atoms with Crippen LogP contribution in [-0.4, -0.2) is 69.7 Å². The van der Waals surface area contributed by atoms with Crippen LogP contribution in [0, 0.1) is 0 Å². The second-order valence-corrected chi connectivity index (χ2v) is 8.18. The number of carbonyl (C=O) groups is 1. The van der Waals surface area contributed by atoms with Gasteiger partial charge in [-0.25, -0.2) is 8.42 Å². The van der Waals surface area contributed by atoms with Gasteiger partial charge in [0.15, 0.2) is 11.5 Å². The third-order valence-electron chi connectivity index (χ3n) is 3.97. The highest BCUT2D eigenvalue weighted by atomic mass is 35.5. The Bertz CT molecular complexity index is 787. The van der Waals surface area contributed by atoms with Crippen molar-refractivity contribution in [2.75, 3.05) is 46.2 Å². The summed E-state index contributed by atoms with van der Waals surface area (Å²) in [4.78, 5) is 13.9. The first-order chi connectivity index (χ1) is 12.3. The molecule has 0 atom stereocenters. The van der Waals surface area contributed by atoms with E-state index in [9.17, 15) is 13.2 Å². The van der Waals surface area contributed by atoms with E-state index >= 15 is 0 Å². The summed E-state index contributed by atoms with van der Waals surface area (Å²) in [7, 11) is -1.70. The maximum atomic E-state index is 12.3. The highest BCUT2D eigenvalue weighted by molar-refractivity contribution is 7.88. The number of nitrogens with zero attached hydrogens (tertiary/aromatic N) is 2. The number of hydrogen-bond acceptors (Lipinski definition) is 5. The molecule has 1 amide bonds. The van der Waals surface area contributed by atoms with Gasteiger partial charge >= 0.3 is 0 Å². The van der Waals surface area contributed by atoms with Gasteiger partial charge in [-0.15, -0.1) is 0 Å². The number of piperazine rings is 1. The summed E-state index contributed by atoms with van der Waals surface area (Å²) in [6.45, 7) is 3.66. The second kappa shape index (κ2) is 8.75. The molecule has 7 nitrogen and oxygen atoms in total. The van der Waals surface area contributed by atoms with Crippen molar-refractivity contribution in [2.24, 2.45) is 0 Å². The molecule has 0 N–H and O–H groups in total. The molecule has 0 aliphatic carbocycles. The number of halogens is 1. The van der Waals surface area contributed by atoms with Gasteiger partial charge in [-0.05, 0) is 30.7 Å². The topological polar surface area (TPSA) is 76.2 Å². The van der Waals surface area contributed by atoms with Crippen molar-refractivity contribution in [3.63, 3.8) is 0 Å². The van der Waals surface area contributed by atoms with Gasteiger partial charge in [0.2, 0.25) is 15.9 Å². The normalized spacial score (nSPS) is 16.1. The van der Waals surface area contributed by atoms with Gasteiger partial charge < -0.3 is 14.4 Å². The van der Waals surface area contributed by atoms with E-state index in [2.05, 4.69) is 0 Å². The van der Waals surface area contributed by atoms with Crippen LogP contribution >= 0.6 is 11.6 Å². The van der Waals surface area contributed by atoms with E-state index in [1.165, 1.54) is 23.7 Å². The molecule has 1 aliphatic heterocycles. The monoisotopic (exact) mass is 402 g/mol. The lowest BCUT2D eigenvalue weighted by Gasteiger charge is -2.32. The molecule has 2 rings (SSSR count). The molecule has 0 radical (unpaired) electrons. The first-order valence-electron chi connectivity index (χ1n) is 8.18. The zero-order valence-electron chi connectivity index (χ0n) is 15.1. The molecule has 1 aromatic carbocycles. The Labute approximate surface area is 159 Å². The third kappa shape index (κ3) is 5.12. The van der Waals surface area contributed by atoms with E-state index in [0.29, 0.717) is 54.9 Å². The summed E-state index contributed by atoms with van der Waals surface area (Å²) < 4.78 is 35.2. The van der Waals surface area contributed by atoms with Gasteiger partial charge in [0.05, 0.1) is 25.0 Å². The largest absolute Gasteiger partial charge is 0.491 e. The van der Waals surface area contributed by atoms with Gasteiger partial charge in [-0.1, -0.05) is 11.6 Å². The first kappa shape index (κ1) is 20.5. The van der Waals surface area contributed by atoms with Crippen molar-refractivity contribution in [1.82, 2.24) is 9.21 Å². The van der Waals surface area contributed by atoms with Crippen molar-refractivity contribution < 1.29 is 22.7 Å². The number of benzene rings is 1. The second-order valence-electron chi connectivity index (χ2n) is 5.79. The smallest absolute Gasteiger partial charge is 0.246 e. The van der Waals surface area contributed by atoms with Crippen LogP contribution in [0.4, 0.5) is 0 Å². The summed E-state index contributed by atoms with van der Waals surface area (Å²) in [6, 6.07) is 3.44. The quantitative estimate of drug-likeness (QED) is 0.679. The van der Waals surface area contributed by atoms with Gasteiger partial charge in [-0.2, -0.15) is 4.31 Å². The summed E-state index contributed by atoms with van der Waals surface area (Å²) in [5, 5.41) is 0.396. The van der Waals surface area contributed by atoms with Crippen molar-refractivity contribution in [1.29, 1.82) is 0 Å². The van der Waals surface area contributed by atoms with Crippen LogP contribution < -0.4 is 9.47 Å². The van der Waals surface area contributed by atoms with Crippen LogP contribution in [0.25, 0.3) is 6.08 Å². The van der Waals surface area contributed by atoms with E-state index in [1.807, 2.05) is 6.92 Å². The summed E-state index contributed by atoms with van der Waals surface area (Å²) in [5.74, 6) is 0.785. The molecule has 0 bridgehead atoms. The number of sulfonamides is 1. The number of hydrogen-bond donors (Lipinski definition) is 0. The molecule has 26 heavy (non-hydrogen) atoms. The molecule has 144 valence electrons. The van der Waals surface area contributed by atoms with Crippen molar-refractivity contribution >= 4 is 33.6 Å². The summed E-state index contributed by atoms with van der Waals surface area (Å²) >= 11 is 6.20. The Morgan fingerprint density at radius 1 is 1.27 bits per heavy atom. The molecule has 0 aromatic heterocycles. The van der Waals surface area contributed by atoms with E-state index in [1.54, 1.807) is 23.1 Å². The Balaban J connectivity index is 2.07. The highest BCUT2D eigenvalue weighted by Gasteiger charge is 2.25. The Morgan fingerprint density at radius 2 is 1.92 bits per heavy atom. The minimum Gasteiger partial charge on any atom is -0.491 e. The van der Waals surface area contributed by atoms with Crippen LogP contribution in [0.15, 0.2) is 18.2 Å². The van der Waals surface area contributed by atoms with E-state index in [4.69, 9.17) is 21.1 Å². The van der Waals surface area contributed by atoms with E-state index in [0.717, 1.165) is 0 Å². The van der Waals surface area contributed by atoms with Gasteiger partial charge in [0.25, 0.3) is 0 Å². The predicted octanol–water partition coefficient (Wildman–Crippen LogP) is 1.86. The van der Waals surface area contributed by atoms with E-state index in [-0.39, 0.29) is 5.91 Å². The zero-order chi connectivity index (χ0) is 19.3. The van der Waals surface area contributed by atoms with Crippen LogP contribution in [0.1, 0.15) is 12.5 Å². The number of methoxy groups -OCH3 is 1. The summed E-state index contributed by atoms with van der Waals surface area (Å²) in [6.07, 6.45) is 4.27. The van der Waals surface area contributed by atoms with Gasteiger partial charge in [0, 0.05) is 32.3 Å². The third-order valence-corrected chi connectivity index (χ3v) is 5.56. The Kier molecular flexibility index (Phi) is 6.91. The average Bonchev–Trinajstić information content (AvgIpc) is 2.59. The number of amides is 1. The van der Waals surface area contributed by atoms with Crippen LogP contribution in [0.2, 0.25) is 5.02 Å². The molecule has 9 heteroatoms. The van der Waals surface area contributed by atoms with E-state index < -0.39 is 10.0 Å². The molecule has 1 aliphatic rings. The lowest BCUT2D eigenvalue weighted by atomic mass is 10.1. The fourth-order valence-electron chi connectivity index (χ4n) is 2.66. The first-order valence-corrected chi connectivity index (χ1v) is 10.4. The minimum atomic E-state index is -3.22. The lowest BCUT2D eigenvalue weighted by Crippen LogP contribution is -2.49. The molecular formula is C17H23ClN2O5S. The molecule has 1 aromatic rings. The van der Waals surface area contributed by atoms with Crippen molar-refractivity contribution in [3.8, 4) is 11.5 Å². The fourth-order valence-corrected chi connectivity index (χ4v) is 3.78. The van der Waals surface area contributed by atoms with Crippen molar-refractivity contribution in [2.45, 2.75) is 6.92 Å². The maximum Gasteiger partial charge on any atom is 0.246 e. The van der Waals surface area contributed by atoms with Crippen LogP contribution in [-0.2, 0) is 14.8 Å². The standard InChI is InChI=1S/C17H23ClN2O5S/c1-4-25-15-12-13(11-14(18)17(15)24-2)5-6-16(21)19-7-9-20(10-8-19)26(3,22)23/h5-6,11-12H,4,7-10H2,1-3H3. The van der Waals surface area contributed by atoms with Gasteiger partial charge in [-0.3, -0.25) is 4.79 Å². The van der Waals surface area contributed by atoms with Crippen LogP contribution in [0.3, 0.4) is 0 Å². The maximum absolute atomic E-state index is 12.3. The molecule has 0 unspecified atom stereocenters. The molecule has 1 heterocycles. The molecule has 0 saturated carbocycles. The Hall–Kier alpha value is -1.77. The highest BCUT2D eigenvalue weighted by Crippen LogP contribution is 2.36. The number of rotatable bonds is 6. The zero-order valence-corrected chi connectivity index (χ0v) is 16.6. The van der Waals surface area contributed by atoms with Crippen LogP contribution in [0.5, 0.6) is 11.5 Å². The van der Waals surface area contributed by atoms with Crippen molar-refractivity contribution in [3.05, 3.63) is 28.8 Å². The summed E-state index contributed by atoms with van der Waals surface area (Å²) in [5.41, 5.74) is 0.711. The molecule has 0 spiro atoms. The molecule has 1 saturated heterocycles. The van der Waals surface area contributed by atoms with Gasteiger partial charge in [0.1, 0.15) is 0 Å². The molecule has 1 fully saturated rings. The number of carbonyl (C=O) groups excluding carboxylic acids is 1. The number of ether oxygens (including phenoxy) is 2. The Morgan fingerprint density at radius 3 is 2.46 bits per heavy atom. The average molecular weight is 403 g/mol. The predicted molar refractivity (Wildman–Crippen MR) is 101 cm³/mol. The fraction of sp³-hybridized carbons (Fsp3) is 0.471.